The summed E-state index contributed by atoms with van der Waals surface area (Å²) in [5.41, 5.74) is 0.420. The fourth-order valence-electron chi connectivity index (χ4n) is 3.86. The molecule has 0 amide bonds. The van der Waals surface area contributed by atoms with Crippen LogP contribution in [0.15, 0.2) is 0 Å². The van der Waals surface area contributed by atoms with Gasteiger partial charge in [0.25, 0.3) is 0 Å². The molecule has 1 unspecified atom stereocenters. The highest BCUT2D eigenvalue weighted by molar-refractivity contribution is 5.02. The first-order valence-corrected chi connectivity index (χ1v) is 7.82. The zero-order valence-corrected chi connectivity index (χ0v) is 12.1. The van der Waals surface area contributed by atoms with E-state index in [1.165, 1.54) is 65.0 Å². The first-order valence-electron chi connectivity index (χ1n) is 7.82. The molecule has 0 bridgehead atoms. The Kier molecular flexibility index (Phi) is 3.65. The first kappa shape index (κ1) is 12.9. The summed E-state index contributed by atoms with van der Waals surface area (Å²) in [7, 11) is 2.26. The first-order chi connectivity index (χ1) is 8.66. The van der Waals surface area contributed by atoms with Crippen molar-refractivity contribution in [3.8, 4) is 0 Å². The van der Waals surface area contributed by atoms with Crippen LogP contribution in [-0.4, -0.2) is 61.7 Å². The zero-order chi connectivity index (χ0) is 12.6. The molecule has 1 aliphatic carbocycles. The van der Waals surface area contributed by atoms with Crippen molar-refractivity contribution < 1.29 is 0 Å². The van der Waals surface area contributed by atoms with Gasteiger partial charge in [0.1, 0.15) is 0 Å². The summed E-state index contributed by atoms with van der Waals surface area (Å²) in [4.78, 5) is 5.22. The van der Waals surface area contributed by atoms with Crippen molar-refractivity contribution in [2.24, 2.45) is 11.8 Å². The van der Waals surface area contributed by atoms with Crippen molar-refractivity contribution >= 4 is 0 Å². The van der Waals surface area contributed by atoms with E-state index in [2.05, 4.69) is 29.1 Å². The molecule has 3 nitrogen and oxygen atoms in total. The molecule has 3 fully saturated rings. The van der Waals surface area contributed by atoms with Crippen molar-refractivity contribution in [1.82, 2.24) is 15.1 Å². The smallest absolute Gasteiger partial charge is 0.0309 e. The lowest BCUT2D eigenvalue weighted by atomic mass is 9.91. The summed E-state index contributed by atoms with van der Waals surface area (Å²) in [5, 5.41) is 3.78. The Morgan fingerprint density at radius 3 is 2.50 bits per heavy atom. The lowest BCUT2D eigenvalue weighted by Gasteiger charge is -2.44. The number of piperidine rings is 1. The third-order valence-electron chi connectivity index (χ3n) is 5.34. The molecule has 3 heteroatoms. The molecular weight excluding hydrogens is 222 g/mol. The Hall–Kier alpha value is -0.120. The number of hydrogen-bond donors (Lipinski definition) is 1. The van der Waals surface area contributed by atoms with E-state index >= 15 is 0 Å². The minimum atomic E-state index is 0.420. The molecule has 18 heavy (non-hydrogen) atoms. The third-order valence-corrected chi connectivity index (χ3v) is 5.34. The van der Waals surface area contributed by atoms with Crippen LogP contribution in [0, 0.1) is 11.8 Å². The Balaban J connectivity index is 1.50. The molecule has 2 saturated heterocycles. The van der Waals surface area contributed by atoms with E-state index in [0.29, 0.717) is 5.54 Å². The molecule has 3 rings (SSSR count). The van der Waals surface area contributed by atoms with Gasteiger partial charge in [-0.25, -0.2) is 0 Å². The third kappa shape index (κ3) is 2.89. The molecule has 0 spiro atoms. The van der Waals surface area contributed by atoms with Crippen LogP contribution >= 0.6 is 0 Å². The lowest BCUT2D eigenvalue weighted by molar-refractivity contribution is 0.0937. The minimum absolute atomic E-state index is 0.420. The Labute approximate surface area is 112 Å². The van der Waals surface area contributed by atoms with E-state index in [4.69, 9.17) is 0 Å². The van der Waals surface area contributed by atoms with Crippen LogP contribution in [0.3, 0.4) is 0 Å². The molecule has 0 radical (unpaired) electrons. The number of nitrogens with one attached hydrogen (secondary N) is 1. The van der Waals surface area contributed by atoms with E-state index < -0.39 is 0 Å². The van der Waals surface area contributed by atoms with Crippen molar-refractivity contribution in [2.75, 3.05) is 46.3 Å². The predicted molar refractivity (Wildman–Crippen MR) is 75.8 cm³/mol. The number of piperazine rings is 1. The summed E-state index contributed by atoms with van der Waals surface area (Å²) < 4.78 is 0. The van der Waals surface area contributed by atoms with Gasteiger partial charge in [0.15, 0.2) is 0 Å². The van der Waals surface area contributed by atoms with E-state index in [1.807, 2.05) is 0 Å². The van der Waals surface area contributed by atoms with Gasteiger partial charge < -0.3 is 10.2 Å². The minimum Gasteiger partial charge on any atom is -0.309 e. The van der Waals surface area contributed by atoms with Gasteiger partial charge in [-0.15, -0.1) is 0 Å². The quantitative estimate of drug-likeness (QED) is 0.818. The summed E-state index contributed by atoms with van der Waals surface area (Å²) in [5.74, 6) is 1.90. The highest BCUT2D eigenvalue weighted by atomic mass is 15.2. The molecule has 2 heterocycles. The van der Waals surface area contributed by atoms with E-state index in [0.717, 1.165) is 11.8 Å². The summed E-state index contributed by atoms with van der Waals surface area (Å²) in [6, 6.07) is 0. The van der Waals surface area contributed by atoms with Gasteiger partial charge in [0, 0.05) is 31.7 Å². The second-order valence-electron chi connectivity index (χ2n) is 7.10. The van der Waals surface area contributed by atoms with Crippen molar-refractivity contribution in [1.29, 1.82) is 0 Å². The Morgan fingerprint density at radius 2 is 1.83 bits per heavy atom. The van der Waals surface area contributed by atoms with Crippen molar-refractivity contribution in [3.05, 3.63) is 0 Å². The molecule has 104 valence electrons. The van der Waals surface area contributed by atoms with Gasteiger partial charge in [-0.1, -0.05) is 0 Å². The van der Waals surface area contributed by atoms with Gasteiger partial charge in [0.2, 0.25) is 0 Å². The van der Waals surface area contributed by atoms with Crippen LogP contribution in [0.5, 0.6) is 0 Å². The van der Waals surface area contributed by atoms with Gasteiger partial charge >= 0.3 is 0 Å². The summed E-state index contributed by atoms with van der Waals surface area (Å²) in [6.07, 6.45) is 5.71. The monoisotopic (exact) mass is 251 g/mol. The number of likely N-dealkylation sites (tertiary alicyclic amines) is 1. The SMILES string of the molecule is CN1CCC(CN2CCNC(C)(C3CC3)C2)CC1. The van der Waals surface area contributed by atoms with Crippen LogP contribution in [0.4, 0.5) is 0 Å². The van der Waals surface area contributed by atoms with E-state index in [-0.39, 0.29) is 0 Å². The molecule has 0 aromatic carbocycles. The van der Waals surface area contributed by atoms with Crippen LogP contribution in [0.25, 0.3) is 0 Å². The molecule has 1 N–H and O–H groups in total. The summed E-state index contributed by atoms with van der Waals surface area (Å²) >= 11 is 0. The van der Waals surface area contributed by atoms with Gasteiger partial charge in [-0.3, -0.25) is 4.90 Å². The highest BCUT2D eigenvalue weighted by Gasteiger charge is 2.43. The van der Waals surface area contributed by atoms with Crippen LogP contribution < -0.4 is 5.32 Å². The van der Waals surface area contributed by atoms with Crippen molar-refractivity contribution in [2.45, 2.75) is 38.1 Å². The molecular formula is C15H29N3. The van der Waals surface area contributed by atoms with Crippen molar-refractivity contribution in [3.63, 3.8) is 0 Å². The molecule has 2 aliphatic heterocycles. The second kappa shape index (κ2) is 5.10. The average Bonchev–Trinajstić information content (AvgIpc) is 3.17. The molecule has 0 aromatic heterocycles. The number of hydrogen-bond acceptors (Lipinski definition) is 3. The van der Waals surface area contributed by atoms with E-state index in [9.17, 15) is 0 Å². The largest absolute Gasteiger partial charge is 0.309 e. The molecule has 0 aromatic rings. The topological polar surface area (TPSA) is 18.5 Å². The predicted octanol–water partition coefficient (Wildman–Crippen LogP) is 1.40. The standard InChI is InChI=1S/C15H29N3/c1-15(14-3-4-14)12-18(10-7-16-15)11-13-5-8-17(2)9-6-13/h13-14,16H,3-12H2,1-2H3. The van der Waals surface area contributed by atoms with Gasteiger partial charge in [-0.05, 0) is 64.6 Å². The summed E-state index contributed by atoms with van der Waals surface area (Å²) in [6.45, 7) is 10.1. The molecule has 1 saturated carbocycles. The van der Waals surface area contributed by atoms with Crippen LogP contribution in [-0.2, 0) is 0 Å². The Morgan fingerprint density at radius 1 is 1.11 bits per heavy atom. The van der Waals surface area contributed by atoms with Gasteiger partial charge in [0.05, 0.1) is 0 Å². The number of rotatable bonds is 3. The van der Waals surface area contributed by atoms with Crippen LogP contribution in [0.2, 0.25) is 0 Å². The Bertz CT molecular complexity index is 281. The van der Waals surface area contributed by atoms with E-state index in [1.54, 1.807) is 0 Å². The van der Waals surface area contributed by atoms with Crippen LogP contribution in [0.1, 0.15) is 32.6 Å². The normalized spacial score (nSPS) is 37.0. The number of nitrogens with zero attached hydrogens (tertiary/aromatic N) is 2. The molecule has 1 atom stereocenters. The maximum atomic E-state index is 3.78. The lowest BCUT2D eigenvalue weighted by Crippen LogP contribution is -2.60. The maximum Gasteiger partial charge on any atom is 0.0309 e. The fourth-order valence-corrected chi connectivity index (χ4v) is 3.86. The maximum absolute atomic E-state index is 3.78. The zero-order valence-electron chi connectivity index (χ0n) is 12.1. The average molecular weight is 251 g/mol. The van der Waals surface area contributed by atoms with Gasteiger partial charge in [-0.2, -0.15) is 0 Å². The molecule has 3 aliphatic rings. The highest BCUT2D eigenvalue weighted by Crippen LogP contribution is 2.40. The fraction of sp³-hybridized carbons (Fsp3) is 1.00. The second-order valence-corrected chi connectivity index (χ2v) is 7.10.